The number of ether oxygens (including phenoxy) is 1. The van der Waals surface area contributed by atoms with E-state index in [1.54, 1.807) is 61.8 Å². The maximum absolute atomic E-state index is 15.1. The van der Waals surface area contributed by atoms with Crippen molar-refractivity contribution in [2.75, 3.05) is 7.05 Å². The number of amides is 4. The number of carboxylic acids is 1. The maximum Gasteiger partial charge on any atom is 0.410 e. The lowest BCUT2D eigenvalue weighted by molar-refractivity contribution is -0.152. The van der Waals surface area contributed by atoms with Crippen molar-refractivity contribution in [1.82, 2.24) is 20.0 Å². The van der Waals surface area contributed by atoms with Crippen molar-refractivity contribution < 1.29 is 33.8 Å². The van der Waals surface area contributed by atoms with Crippen LogP contribution in [0.2, 0.25) is 5.02 Å². The molecule has 1 aliphatic heterocycles. The molecular formula is C41H51ClN4O7. The average molecular weight is 747 g/mol. The van der Waals surface area contributed by atoms with E-state index in [9.17, 15) is 24.3 Å². The summed E-state index contributed by atoms with van der Waals surface area (Å²) in [5, 5.41) is 12.8. The Balaban J connectivity index is 1.73. The number of rotatable bonds is 10. The van der Waals surface area contributed by atoms with E-state index in [4.69, 9.17) is 16.3 Å². The number of hydrogen-bond donors (Lipinski definition) is 2. The average Bonchev–Trinajstić information content (AvgIpc) is 3.09. The van der Waals surface area contributed by atoms with E-state index in [1.807, 2.05) is 64.1 Å². The van der Waals surface area contributed by atoms with Crippen LogP contribution in [0.5, 0.6) is 0 Å². The van der Waals surface area contributed by atoms with Gasteiger partial charge in [-0.25, -0.2) is 9.59 Å². The summed E-state index contributed by atoms with van der Waals surface area (Å²) in [6, 6.07) is 17.7. The highest BCUT2D eigenvalue weighted by molar-refractivity contribution is 6.31. The van der Waals surface area contributed by atoms with Gasteiger partial charge in [-0.05, 0) is 80.5 Å². The van der Waals surface area contributed by atoms with Gasteiger partial charge in [0.25, 0.3) is 0 Å². The molecule has 12 heteroatoms. The number of aromatic carboxylic acids is 1. The van der Waals surface area contributed by atoms with E-state index in [2.05, 4.69) is 5.32 Å². The molecule has 11 nitrogen and oxygen atoms in total. The first-order valence-corrected chi connectivity index (χ1v) is 18.1. The number of nitrogens with one attached hydrogen (secondary N) is 1. The molecule has 4 rings (SSSR count). The number of fused-ring (bicyclic) bond motifs is 1. The third-order valence-electron chi connectivity index (χ3n) is 9.52. The minimum Gasteiger partial charge on any atom is -0.478 e. The minimum absolute atomic E-state index is 0.110. The highest BCUT2D eigenvalue weighted by atomic mass is 35.5. The molecule has 0 saturated carbocycles. The lowest BCUT2D eigenvalue weighted by Gasteiger charge is -2.43. The molecule has 0 aliphatic carbocycles. The molecule has 0 bridgehead atoms. The number of carboxylic acid groups (broad SMARTS) is 1. The first kappa shape index (κ1) is 40.9. The van der Waals surface area contributed by atoms with Crippen molar-refractivity contribution in [1.29, 1.82) is 0 Å². The standard InChI is InChI=1S/C41H51ClN4O7/c1-25(31-16-12-13-17-32(31)42)45(23-27-18-20-28(21-19-27)38(50)51)36(48)33-22-29-14-10-11-15-30(29)24-46(33)37(49)34(40(3,4)5)43-35(47)26(2)44(9)39(52)53-41(6,7)8/h10-21,25-26,33-34H,22-24H2,1-9H3,(H,43,47)(H,50,51)/t25-,26?,33?,34?/m1/s1. The molecule has 3 unspecified atom stereocenters. The zero-order valence-corrected chi connectivity index (χ0v) is 32.7. The fourth-order valence-electron chi connectivity index (χ4n) is 6.25. The van der Waals surface area contributed by atoms with Crippen molar-refractivity contribution in [3.05, 3.63) is 106 Å². The first-order valence-electron chi connectivity index (χ1n) is 17.7. The predicted octanol–water partition coefficient (Wildman–Crippen LogP) is 6.87. The van der Waals surface area contributed by atoms with Crippen LogP contribution in [-0.4, -0.2) is 80.4 Å². The number of benzene rings is 3. The number of hydrogen-bond acceptors (Lipinski definition) is 6. The van der Waals surface area contributed by atoms with Gasteiger partial charge in [0.2, 0.25) is 17.7 Å². The molecule has 2 N–H and O–H groups in total. The molecule has 53 heavy (non-hydrogen) atoms. The molecule has 284 valence electrons. The monoisotopic (exact) mass is 746 g/mol. The predicted molar refractivity (Wildman–Crippen MR) is 203 cm³/mol. The summed E-state index contributed by atoms with van der Waals surface area (Å²) in [6.07, 6.45) is -0.449. The minimum atomic E-state index is -1.07. The zero-order valence-electron chi connectivity index (χ0n) is 32.0. The molecule has 3 aromatic rings. The van der Waals surface area contributed by atoms with Gasteiger partial charge in [0.15, 0.2) is 0 Å². The second kappa shape index (κ2) is 16.4. The summed E-state index contributed by atoms with van der Waals surface area (Å²) in [4.78, 5) is 72.4. The number of carbonyl (C=O) groups is 5. The van der Waals surface area contributed by atoms with E-state index in [1.165, 1.54) is 24.1 Å². The van der Waals surface area contributed by atoms with Crippen LogP contribution in [-0.2, 0) is 38.6 Å². The van der Waals surface area contributed by atoms with Crippen molar-refractivity contribution in [3.63, 3.8) is 0 Å². The van der Waals surface area contributed by atoms with E-state index in [-0.39, 0.29) is 31.0 Å². The first-order chi connectivity index (χ1) is 24.7. The van der Waals surface area contributed by atoms with Crippen LogP contribution >= 0.6 is 11.6 Å². The number of nitrogens with zero attached hydrogens (tertiary/aromatic N) is 3. The summed E-state index contributed by atoms with van der Waals surface area (Å²) in [5.41, 5.74) is 1.77. The van der Waals surface area contributed by atoms with E-state index in [0.717, 1.165) is 11.1 Å². The molecule has 0 radical (unpaired) electrons. The Kier molecular flexibility index (Phi) is 12.7. The Morgan fingerprint density at radius 1 is 0.906 bits per heavy atom. The molecule has 0 aromatic heterocycles. The van der Waals surface area contributed by atoms with Gasteiger partial charge in [0.1, 0.15) is 23.7 Å². The van der Waals surface area contributed by atoms with Crippen LogP contribution in [0.3, 0.4) is 0 Å². The number of carbonyl (C=O) groups excluding carboxylic acids is 4. The molecule has 1 aliphatic rings. The van der Waals surface area contributed by atoms with E-state index in [0.29, 0.717) is 16.1 Å². The fourth-order valence-corrected chi connectivity index (χ4v) is 6.54. The second-order valence-corrected chi connectivity index (χ2v) is 16.1. The van der Waals surface area contributed by atoms with E-state index >= 15 is 4.79 Å². The third kappa shape index (κ3) is 9.95. The van der Waals surface area contributed by atoms with Crippen LogP contribution in [0, 0.1) is 5.41 Å². The Morgan fingerprint density at radius 2 is 1.49 bits per heavy atom. The molecule has 1 heterocycles. The molecule has 4 amide bonds. The summed E-state index contributed by atoms with van der Waals surface area (Å²) < 4.78 is 5.45. The zero-order chi connectivity index (χ0) is 39.4. The summed E-state index contributed by atoms with van der Waals surface area (Å²) in [5.74, 6) is -2.39. The largest absolute Gasteiger partial charge is 0.478 e. The van der Waals surface area contributed by atoms with Crippen molar-refractivity contribution in [2.24, 2.45) is 5.41 Å². The quantitative estimate of drug-likeness (QED) is 0.231. The topological polar surface area (TPSA) is 137 Å². The van der Waals surface area contributed by atoms with Gasteiger partial charge < -0.3 is 25.0 Å². The summed E-state index contributed by atoms with van der Waals surface area (Å²) in [6.45, 7) is 14.4. The Bertz CT molecular complexity index is 1830. The van der Waals surface area contributed by atoms with Gasteiger partial charge in [-0.1, -0.05) is 87.0 Å². The normalized spacial score (nSPS) is 16.0. The van der Waals surface area contributed by atoms with Gasteiger partial charge in [-0.2, -0.15) is 0 Å². The van der Waals surface area contributed by atoms with Gasteiger partial charge in [0.05, 0.1) is 11.6 Å². The van der Waals surface area contributed by atoms with Crippen LogP contribution in [0.15, 0.2) is 72.8 Å². The fraction of sp³-hybridized carbons (Fsp3) is 0.439. The molecule has 0 fully saturated rings. The summed E-state index contributed by atoms with van der Waals surface area (Å²) >= 11 is 6.66. The molecule has 4 atom stereocenters. The maximum atomic E-state index is 15.1. The van der Waals surface area contributed by atoms with Crippen molar-refractivity contribution >= 4 is 41.4 Å². The van der Waals surface area contributed by atoms with Crippen molar-refractivity contribution in [2.45, 2.75) is 105 Å². The molecule has 0 spiro atoms. The highest BCUT2D eigenvalue weighted by Crippen LogP contribution is 2.33. The highest BCUT2D eigenvalue weighted by Gasteiger charge is 2.44. The Morgan fingerprint density at radius 3 is 2.06 bits per heavy atom. The second-order valence-electron chi connectivity index (χ2n) is 15.7. The van der Waals surface area contributed by atoms with Crippen LogP contribution in [0.4, 0.5) is 4.79 Å². The SMILES string of the molecule is CC(C(=O)NC(C(=O)N1Cc2ccccc2CC1C(=O)N(Cc1ccc(C(=O)O)cc1)[C@H](C)c1ccccc1Cl)C(C)(C)C)N(C)C(=O)OC(C)(C)C. The Hall–Kier alpha value is -4.90. The number of likely N-dealkylation sites (N-methyl/N-ethyl adjacent to an activating group) is 1. The molecular weight excluding hydrogens is 696 g/mol. The summed E-state index contributed by atoms with van der Waals surface area (Å²) in [7, 11) is 1.46. The lowest BCUT2D eigenvalue weighted by Crippen LogP contribution is -2.62. The van der Waals surface area contributed by atoms with Gasteiger partial charge in [-0.3, -0.25) is 19.3 Å². The van der Waals surface area contributed by atoms with E-state index < -0.39 is 59.1 Å². The van der Waals surface area contributed by atoms with Gasteiger partial charge >= 0.3 is 12.1 Å². The molecule has 3 aromatic carbocycles. The smallest absolute Gasteiger partial charge is 0.410 e. The van der Waals surface area contributed by atoms with Crippen LogP contribution in [0.25, 0.3) is 0 Å². The van der Waals surface area contributed by atoms with Crippen LogP contribution in [0.1, 0.15) is 94.0 Å². The lowest BCUT2D eigenvalue weighted by atomic mass is 9.84. The van der Waals surface area contributed by atoms with Crippen LogP contribution < -0.4 is 5.32 Å². The van der Waals surface area contributed by atoms with Gasteiger partial charge in [0, 0.05) is 31.6 Å². The van der Waals surface area contributed by atoms with Crippen molar-refractivity contribution in [3.8, 4) is 0 Å². The Labute approximate surface area is 317 Å². The number of halogens is 1. The van der Waals surface area contributed by atoms with Gasteiger partial charge in [-0.15, -0.1) is 0 Å². The third-order valence-corrected chi connectivity index (χ3v) is 9.86. The molecule has 0 saturated heterocycles.